The molecule has 0 spiro atoms. The van der Waals surface area contributed by atoms with E-state index in [1.807, 2.05) is 19.9 Å². The maximum atomic E-state index is 13.2. The normalized spacial score (nSPS) is 17.5. The molecular weight excluding hydrogens is 452 g/mol. The topological polar surface area (TPSA) is 69.3 Å². The summed E-state index contributed by atoms with van der Waals surface area (Å²) in [6.45, 7) is 8.95. The summed E-state index contributed by atoms with van der Waals surface area (Å²) in [7, 11) is 0. The first-order valence-corrected chi connectivity index (χ1v) is 13.3. The fourth-order valence-corrected chi connectivity index (χ4v) is 5.83. The van der Waals surface area contributed by atoms with Crippen molar-refractivity contribution in [1.82, 2.24) is 9.47 Å². The van der Waals surface area contributed by atoms with Gasteiger partial charge in [0.15, 0.2) is 0 Å². The van der Waals surface area contributed by atoms with Gasteiger partial charge in [0.05, 0.1) is 4.91 Å². The zero-order chi connectivity index (χ0) is 24.0. The Labute approximate surface area is 206 Å². The average molecular weight is 487 g/mol. The number of hydrogen-bond acceptors (Lipinski definition) is 6. The molecule has 3 heterocycles. The average Bonchev–Trinajstić information content (AvgIpc) is 3.41. The lowest BCUT2D eigenvalue weighted by Crippen LogP contribution is -2.33. The Morgan fingerprint density at radius 1 is 1.06 bits per heavy atom. The van der Waals surface area contributed by atoms with Gasteiger partial charge in [0.1, 0.15) is 21.8 Å². The standard InChI is InChI=1S/C25H34N4O2S2/c1-4-6-7-8-9-15-29-24(31)21(33-25(29)32)16-19-18(3)20(17-26)23(30)28(12-5-2)22(19)27-13-10-11-14-27/h16H,4-15H2,1-3H3. The largest absolute Gasteiger partial charge is 0.357 e. The Morgan fingerprint density at radius 3 is 2.39 bits per heavy atom. The number of aromatic nitrogens is 1. The number of carbonyl (C=O) groups excluding carboxylic acids is 1. The minimum absolute atomic E-state index is 0.0704. The third-order valence-corrected chi connectivity index (χ3v) is 7.71. The summed E-state index contributed by atoms with van der Waals surface area (Å²) in [5.74, 6) is 0.764. The lowest BCUT2D eigenvalue weighted by Gasteiger charge is -2.26. The monoisotopic (exact) mass is 486 g/mol. The molecule has 33 heavy (non-hydrogen) atoms. The summed E-state index contributed by atoms with van der Waals surface area (Å²) in [6, 6.07) is 2.11. The molecule has 1 amide bonds. The molecule has 178 valence electrons. The predicted molar refractivity (Wildman–Crippen MR) is 141 cm³/mol. The summed E-state index contributed by atoms with van der Waals surface area (Å²) in [5.41, 5.74) is 1.35. The minimum Gasteiger partial charge on any atom is -0.357 e. The Balaban J connectivity index is 2.00. The van der Waals surface area contributed by atoms with Gasteiger partial charge in [-0.3, -0.25) is 19.1 Å². The van der Waals surface area contributed by atoms with Crippen molar-refractivity contribution in [3.63, 3.8) is 0 Å². The number of rotatable bonds is 10. The van der Waals surface area contributed by atoms with Crippen LogP contribution in [0.1, 0.15) is 81.9 Å². The molecule has 0 aromatic carbocycles. The van der Waals surface area contributed by atoms with E-state index in [-0.39, 0.29) is 17.0 Å². The van der Waals surface area contributed by atoms with E-state index in [4.69, 9.17) is 12.2 Å². The van der Waals surface area contributed by atoms with Crippen LogP contribution in [0.5, 0.6) is 0 Å². The molecule has 3 rings (SSSR count). The lowest BCUT2D eigenvalue weighted by molar-refractivity contribution is -0.122. The van der Waals surface area contributed by atoms with Crippen LogP contribution in [-0.4, -0.2) is 39.3 Å². The number of thiocarbonyl (C=S) groups is 1. The van der Waals surface area contributed by atoms with E-state index in [2.05, 4.69) is 17.9 Å². The van der Waals surface area contributed by atoms with Crippen LogP contribution in [0.3, 0.4) is 0 Å². The van der Waals surface area contributed by atoms with E-state index in [1.54, 1.807) is 9.47 Å². The number of thioether (sulfide) groups is 1. The lowest BCUT2D eigenvalue weighted by atomic mass is 10.0. The molecular formula is C25H34N4O2S2. The molecule has 0 radical (unpaired) electrons. The van der Waals surface area contributed by atoms with Crippen molar-refractivity contribution in [2.75, 3.05) is 24.5 Å². The molecule has 2 aliphatic heterocycles. The van der Waals surface area contributed by atoms with Gasteiger partial charge in [-0.1, -0.05) is 63.5 Å². The van der Waals surface area contributed by atoms with Gasteiger partial charge >= 0.3 is 0 Å². The molecule has 0 aliphatic carbocycles. The second-order valence-corrected chi connectivity index (χ2v) is 10.4. The van der Waals surface area contributed by atoms with E-state index in [9.17, 15) is 14.9 Å². The van der Waals surface area contributed by atoms with Gasteiger partial charge in [0.25, 0.3) is 11.5 Å². The maximum Gasteiger partial charge on any atom is 0.270 e. The Morgan fingerprint density at radius 2 is 1.76 bits per heavy atom. The molecule has 0 saturated carbocycles. The van der Waals surface area contributed by atoms with Crippen LogP contribution in [0.15, 0.2) is 9.70 Å². The second kappa shape index (κ2) is 11.8. The molecule has 0 unspecified atom stereocenters. The van der Waals surface area contributed by atoms with E-state index in [0.29, 0.717) is 27.9 Å². The van der Waals surface area contributed by atoms with Gasteiger partial charge < -0.3 is 4.90 Å². The first-order valence-electron chi connectivity index (χ1n) is 12.1. The van der Waals surface area contributed by atoms with Crippen molar-refractivity contribution >= 4 is 46.1 Å². The Bertz CT molecular complexity index is 1030. The fraction of sp³-hybridized carbons (Fsp3) is 0.600. The molecule has 2 saturated heterocycles. The molecule has 0 bridgehead atoms. The van der Waals surface area contributed by atoms with Crippen molar-refractivity contribution in [1.29, 1.82) is 5.26 Å². The molecule has 2 fully saturated rings. The third-order valence-electron chi connectivity index (χ3n) is 6.33. The zero-order valence-electron chi connectivity index (χ0n) is 20.0. The number of anilines is 1. The van der Waals surface area contributed by atoms with Crippen LogP contribution in [0.4, 0.5) is 5.82 Å². The smallest absolute Gasteiger partial charge is 0.270 e. The number of nitriles is 1. The summed E-state index contributed by atoms with van der Waals surface area (Å²) in [6.07, 6.45) is 10.4. The second-order valence-electron chi connectivity index (χ2n) is 8.75. The summed E-state index contributed by atoms with van der Waals surface area (Å²) >= 11 is 6.85. The molecule has 1 aromatic heterocycles. The van der Waals surface area contributed by atoms with Gasteiger partial charge in [0.2, 0.25) is 0 Å². The number of carbonyl (C=O) groups is 1. The van der Waals surface area contributed by atoms with Crippen molar-refractivity contribution in [2.24, 2.45) is 0 Å². The number of pyridine rings is 1. The summed E-state index contributed by atoms with van der Waals surface area (Å²) in [5, 5.41) is 9.73. The van der Waals surface area contributed by atoms with E-state index in [0.717, 1.165) is 56.6 Å². The SMILES string of the molecule is CCCCCCCN1C(=O)C(=Cc2c(C)c(C#N)c(=O)n(CCC)c2N2CCCC2)SC1=S. The van der Waals surface area contributed by atoms with Crippen LogP contribution in [-0.2, 0) is 11.3 Å². The molecule has 8 heteroatoms. The fourth-order valence-electron chi connectivity index (χ4n) is 4.54. The highest BCUT2D eigenvalue weighted by Crippen LogP contribution is 2.36. The summed E-state index contributed by atoms with van der Waals surface area (Å²) < 4.78 is 2.32. The van der Waals surface area contributed by atoms with Crippen LogP contribution in [0, 0.1) is 18.3 Å². The van der Waals surface area contributed by atoms with Crippen LogP contribution < -0.4 is 10.5 Å². The van der Waals surface area contributed by atoms with Crippen molar-refractivity contribution < 1.29 is 4.79 Å². The quantitative estimate of drug-likeness (QED) is 0.257. The first kappa shape index (κ1) is 25.5. The Kier molecular flexibility index (Phi) is 9.16. The van der Waals surface area contributed by atoms with Gasteiger partial charge in [-0.25, -0.2) is 0 Å². The minimum atomic E-state index is -0.240. The summed E-state index contributed by atoms with van der Waals surface area (Å²) in [4.78, 5) is 30.9. The zero-order valence-corrected chi connectivity index (χ0v) is 21.6. The van der Waals surface area contributed by atoms with Crippen LogP contribution >= 0.6 is 24.0 Å². The van der Waals surface area contributed by atoms with Crippen molar-refractivity contribution in [2.45, 2.75) is 78.7 Å². The van der Waals surface area contributed by atoms with Gasteiger partial charge in [-0.05, 0) is 44.2 Å². The molecule has 6 nitrogen and oxygen atoms in total. The molecule has 1 aromatic rings. The van der Waals surface area contributed by atoms with E-state index >= 15 is 0 Å². The van der Waals surface area contributed by atoms with Gasteiger partial charge in [-0.15, -0.1) is 0 Å². The number of amides is 1. The number of hydrogen-bond donors (Lipinski definition) is 0. The highest BCUT2D eigenvalue weighted by molar-refractivity contribution is 8.26. The third kappa shape index (κ3) is 5.52. The Hall–Kier alpha value is -2.11. The van der Waals surface area contributed by atoms with E-state index in [1.165, 1.54) is 31.0 Å². The van der Waals surface area contributed by atoms with Crippen molar-refractivity contribution in [3.8, 4) is 6.07 Å². The first-order chi connectivity index (χ1) is 15.9. The molecule has 0 atom stereocenters. The molecule has 0 N–H and O–H groups in total. The maximum absolute atomic E-state index is 13.2. The van der Waals surface area contributed by atoms with Gasteiger partial charge in [0, 0.05) is 31.7 Å². The van der Waals surface area contributed by atoms with Crippen molar-refractivity contribution in [3.05, 3.63) is 31.9 Å². The van der Waals surface area contributed by atoms with Crippen LogP contribution in [0.25, 0.3) is 6.08 Å². The van der Waals surface area contributed by atoms with Gasteiger partial charge in [-0.2, -0.15) is 5.26 Å². The molecule has 2 aliphatic rings. The predicted octanol–water partition coefficient (Wildman–Crippen LogP) is 5.21. The number of nitrogens with zero attached hydrogens (tertiary/aromatic N) is 4. The van der Waals surface area contributed by atoms with E-state index < -0.39 is 0 Å². The highest BCUT2D eigenvalue weighted by atomic mass is 32.2. The van der Waals surface area contributed by atoms with Crippen LogP contribution in [0.2, 0.25) is 0 Å². The highest BCUT2D eigenvalue weighted by Gasteiger charge is 2.33. The number of unbranched alkanes of at least 4 members (excludes halogenated alkanes) is 4.